The van der Waals surface area contributed by atoms with E-state index >= 15 is 0 Å². The van der Waals surface area contributed by atoms with Crippen molar-refractivity contribution in [2.75, 3.05) is 13.2 Å². The molecule has 0 aliphatic heterocycles. The van der Waals surface area contributed by atoms with Crippen molar-refractivity contribution < 1.29 is 14.3 Å². The number of nitrogens with one attached hydrogen (secondary N) is 1. The van der Waals surface area contributed by atoms with Gasteiger partial charge in [0.25, 0.3) is 5.91 Å². The van der Waals surface area contributed by atoms with Gasteiger partial charge in [0.2, 0.25) is 5.91 Å². The van der Waals surface area contributed by atoms with Gasteiger partial charge in [0.15, 0.2) is 6.61 Å². The summed E-state index contributed by atoms with van der Waals surface area (Å²) in [6.07, 6.45) is 0. The van der Waals surface area contributed by atoms with Crippen LogP contribution in [-0.2, 0) is 21.5 Å². The number of hydrogen-bond acceptors (Lipinski definition) is 3. The molecule has 0 spiro atoms. The molecule has 0 aliphatic carbocycles. The Labute approximate surface area is 208 Å². The van der Waals surface area contributed by atoms with Gasteiger partial charge in [0, 0.05) is 23.1 Å². The summed E-state index contributed by atoms with van der Waals surface area (Å²) in [4.78, 5) is 27.0. The van der Waals surface area contributed by atoms with Crippen molar-refractivity contribution in [2.24, 2.45) is 0 Å². The second kappa shape index (κ2) is 11.4. The fourth-order valence-corrected chi connectivity index (χ4v) is 4.01. The lowest BCUT2D eigenvalue weighted by atomic mass is 9.87. The van der Waals surface area contributed by atoms with Crippen LogP contribution in [0.2, 0.25) is 10.0 Å². The number of nitrogens with zero attached hydrogens (tertiary/aromatic N) is 1. The third-order valence-electron chi connectivity index (χ3n) is 5.02. The van der Waals surface area contributed by atoms with Gasteiger partial charge in [0.1, 0.15) is 11.8 Å². The molecule has 0 fully saturated rings. The predicted octanol–water partition coefficient (Wildman–Crippen LogP) is 5.99. The number of halogens is 3. The zero-order chi connectivity index (χ0) is 24.1. The van der Waals surface area contributed by atoms with E-state index in [-0.39, 0.29) is 30.4 Å². The number of likely N-dealkylation sites (N-methyl/N-ethyl adjacent to an activating group) is 1. The van der Waals surface area contributed by atoms with Crippen LogP contribution in [0.5, 0.6) is 5.75 Å². The van der Waals surface area contributed by atoms with Crippen LogP contribution in [0.1, 0.15) is 45.7 Å². The van der Waals surface area contributed by atoms with Crippen LogP contribution in [0, 0.1) is 0 Å². The van der Waals surface area contributed by atoms with Gasteiger partial charge in [-0.15, -0.1) is 0 Å². The van der Waals surface area contributed by atoms with Crippen LogP contribution >= 0.6 is 39.1 Å². The molecule has 8 heteroatoms. The van der Waals surface area contributed by atoms with E-state index in [9.17, 15) is 9.59 Å². The van der Waals surface area contributed by atoms with E-state index in [1.807, 2.05) is 25.1 Å². The van der Waals surface area contributed by atoms with E-state index in [1.165, 1.54) is 4.90 Å². The molecule has 0 bridgehead atoms. The number of hydrogen-bond donors (Lipinski definition) is 1. The van der Waals surface area contributed by atoms with Crippen LogP contribution < -0.4 is 10.1 Å². The van der Waals surface area contributed by atoms with Gasteiger partial charge in [-0.2, -0.15) is 0 Å². The second-order valence-corrected chi connectivity index (χ2v) is 10.2. The fraction of sp³-hybridized carbons (Fsp3) is 0.417. The highest BCUT2D eigenvalue weighted by atomic mass is 79.9. The summed E-state index contributed by atoms with van der Waals surface area (Å²) in [5.41, 5.74) is 1.83. The minimum absolute atomic E-state index is 0.00636. The standard InChI is InChI=1S/C24H29BrCl2N2O3/c1-6-28-23(31)15(2)29(13-16-7-9-18(26)12-20(16)27)22(30)14-32-21-10-8-17(11-19(21)25)24(3,4)5/h7-12,15H,6,13-14H2,1-5H3,(H,28,31)/t15-/m1/s1. The average molecular weight is 544 g/mol. The van der Waals surface area contributed by atoms with Gasteiger partial charge in [-0.25, -0.2) is 0 Å². The summed E-state index contributed by atoms with van der Waals surface area (Å²) in [6, 6.07) is 10.2. The quantitative estimate of drug-likeness (QED) is 0.445. The van der Waals surface area contributed by atoms with E-state index in [1.54, 1.807) is 25.1 Å². The maximum absolute atomic E-state index is 13.1. The van der Waals surface area contributed by atoms with Gasteiger partial charge in [-0.05, 0) is 70.6 Å². The number of carbonyl (C=O) groups excluding carboxylic acids is 2. The lowest BCUT2D eigenvalue weighted by Crippen LogP contribution is -2.49. The first-order valence-corrected chi connectivity index (χ1v) is 11.9. The maximum Gasteiger partial charge on any atom is 0.261 e. The molecule has 1 N–H and O–H groups in total. The molecule has 0 saturated heterocycles. The molecule has 2 aromatic carbocycles. The summed E-state index contributed by atoms with van der Waals surface area (Å²) in [5.74, 6) is -0.0234. The lowest BCUT2D eigenvalue weighted by Gasteiger charge is -2.29. The van der Waals surface area contributed by atoms with E-state index in [0.717, 1.165) is 10.0 Å². The van der Waals surface area contributed by atoms with E-state index in [2.05, 4.69) is 42.0 Å². The van der Waals surface area contributed by atoms with Crippen molar-refractivity contribution in [2.45, 2.75) is 52.6 Å². The van der Waals surface area contributed by atoms with Gasteiger partial charge >= 0.3 is 0 Å². The Bertz CT molecular complexity index is 976. The largest absolute Gasteiger partial charge is 0.483 e. The Morgan fingerprint density at radius 3 is 2.41 bits per heavy atom. The Kier molecular flexibility index (Phi) is 9.43. The Hall–Kier alpha value is -1.76. The highest BCUT2D eigenvalue weighted by Crippen LogP contribution is 2.31. The van der Waals surface area contributed by atoms with Gasteiger partial charge in [-0.3, -0.25) is 9.59 Å². The third kappa shape index (κ3) is 7.12. The molecule has 1 atom stereocenters. The van der Waals surface area contributed by atoms with Gasteiger partial charge in [0.05, 0.1) is 4.47 Å². The smallest absolute Gasteiger partial charge is 0.261 e. The monoisotopic (exact) mass is 542 g/mol. The van der Waals surface area contributed by atoms with Crippen LogP contribution in [0.3, 0.4) is 0 Å². The third-order valence-corrected chi connectivity index (χ3v) is 6.23. The summed E-state index contributed by atoms with van der Waals surface area (Å²) in [6.45, 7) is 10.3. The van der Waals surface area contributed by atoms with Crippen LogP contribution in [-0.4, -0.2) is 35.9 Å². The van der Waals surface area contributed by atoms with E-state index < -0.39 is 6.04 Å². The normalized spacial score (nSPS) is 12.2. The van der Waals surface area contributed by atoms with Gasteiger partial charge in [-0.1, -0.05) is 56.1 Å². The first-order valence-electron chi connectivity index (χ1n) is 10.4. The van der Waals surface area contributed by atoms with E-state index in [0.29, 0.717) is 27.9 Å². The number of rotatable bonds is 8. The van der Waals surface area contributed by atoms with Crippen LogP contribution in [0.25, 0.3) is 0 Å². The van der Waals surface area contributed by atoms with Crippen molar-refractivity contribution in [1.29, 1.82) is 0 Å². The highest BCUT2D eigenvalue weighted by Gasteiger charge is 2.27. The fourth-order valence-electron chi connectivity index (χ4n) is 3.04. The predicted molar refractivity (Wildman–Crippen MR) is 133 cm³/mol. The molecule has 0 saturated carbocycles. The summed E-state index contributed by atoms with van der Waals surface area (Å²) in [7, 11) is 0. The van der Waals surface area contributed by atoms with Gasteiger partial charge < -0.3 is 15.0 Å². The Morgan fingerprint density at radius 1 is 1.16 bits per heavy atom. The maximum atomic E-state index is 13.1. The molecule has 32 heavy (non-hydrogen) atoms. The zero-order valence-corrected chi connectivity index (χ0v) is 22.1. The van der Waals surface area contributed by atoms with Crippen molar-refractivity contribution >= 4 is 50.9 Å². The molecule has 0 aromatic heterocycles. The lowest BCUT2D eigenvalue weighted by molar-refractivity contribution is -0.142. The molecular weight excluding hydrogens is 515 g/mol. The Balaban J connectivity index is 2.21. The van der Waals surface area contributed by atoms with E-state index in [4.69, 9.17) is 27.9 Å². The molecule has 0 radical (unpaired) electrons. The van der Waals surface area contributed by atoms with Crippen molar-refractivity contribution in [3.63, 3.8) is 0 Å². The SMILES string of the molecule is CCNC(=O)[C@@H](C)N(Cc1ccc(Cl)cc1Cl)C(=O)COc1ccc(C(C)(C)C)cc1Br. The Morgan fingerprint density at radius 2 is 1.84 bits per heavy atom. The topological polar surface area (TPSA) is 58.6 Å². The van der Waals surface area contributed by atoms with Crippen molar-refractivity contribution in [3.05, 3.63) is 62.0 Å². The van der Waals surface area contributed by atoms with Crippen LogP contribution in [0.4, 0.5) is 0 Å². The first-order chi connectivity index (χ1) is 14.9. The minimum Gasteiger partial charge on any atom is -0.483 e. The first kappa shape index (κ1) is 26.5. The summed E-state index contributed by atoms with van der Waals surface area (Å²) >= 11 is 15.8. The average Bonchev–Trinajstić information content (AvgIpc) is 2.71. The molecule has 0 unspecified atom stereocenters. The highest BCUT2D eigenvalue weighted by molar-refractivity contribution is 9.10. The number of amides is 2. The van der Waals surface area contributed by atoms with Crippen LogP contribution in [0.15, 0.2) is 40.9 Å². The molecule has 0 heterocycles. The molecule has 2 rings (SSSR count). The molecule has 2 aromatic rings. The molecule has 0 aliphatic rings. The number of carbonyl (C=O) groups is 2. The molecule has 5 nitrogen and oxygen atoms in total. The number of ether oxygens (including phenoxy) is 1. The molecule has 2 amide bonds. The summed E-state index contributed by atoms with van der Waals surface area (Å²) < 4.78 is 6.57. The molecular formula is C24H29BrCl2N2O3. The van der Waals surface area contributed by atoms with Crippen molar-refractivity contribution in [3.8, 4) is 5.75 Å². The summed E-state index contributed by atoms with van der Waals surface area (Å²) in [5, 5.41) is 3.69. The van der Waals surface area contributed by atoms with Crippen molar-refractivity contribution in [1.82, 2.24) is 10.2 Å². The second-order valence-electron chi connectivity index (χ2n) is 8.51. The molecule has 174 valence electrons. The zero-order valence-electron chi connectivity index (χ0n) is 19.0. The minimum atomic E-state index is -0.704. The number of benzene rings is 2.